The smallest absolute Gasteiger partial charge is 0.272 e. The normalized spacial score (nSPS) is 10.4. The van der Waals surface area contributed by atoms with Gasteiger partial charge in [0.1, 0.15) is 11.4 Å². The summed E-state index contributed by atoms with van der Waals surface area (Å²) in [5, 5.41) is 10.4. The lowest BCUT2D eigenvalue weighted by Crippen LogP contribution is -2.40. The molecule has 0 bridgehead atoms. The first-order valence-corrected chi connectivity index (χ1v) is 14.7. The number of nitrogens with one attached hydrogen (secondary N) is 2. The highest BCUT2D eigenvalue weighted by Gasteiger charge is 2.25. The zero-order chi connectivity index (χ0) is 31.1. The van der Waals surface area contributed by atoms with Crippen molar-refractivity contribution in [3.05, 3.63) is 102 Å². The summed E-state index contributed by atoms with van der Waals surface area (Å²) in [5.41, 5.74) is 4.33. The summed E-state index contributed by atoms with van der Waals surface area (Å²) < 4.78 is 7.79. The van der Waals surface area contributed by atoms with E-state index in [4.69, 9.17) is 4.74 Å². The number of aromatic nitrogens is 2. The van der Waals surface area contributed by atoms with Crippen molar-refractivity contribution in [2.45, 2.75) is 67.4 Å². The van der Waals surface area contributed by atoms with Crippen molar-refractivity contribution in [3.63, 3.8) is 0 Å². The van der Waals surface area contributed by atoms with Crippen LogP contribution in [0.4, 0.5) is 0 Å². The summed E-state index contributed by atoms with van der Waals surface area (Å²) in [5.74, 6) is 0.291. The van der Waals surface area contributed by atoms with Crippen LogP contribution in [0.15, 0.2) is 84.9 Å². The highest BCUT2D eigenvalue weighted by atomic mass is 16.5. The first kappa shape index (κ1) is 33.8. The number of carbonyl (C=O) groups is 2. The molecule has 2 N–H and O–H groups in total. The summed E-state index contributed by atoms with van der Waals surface area (Å²) >= 11 is 0. The molecule has 2 amide bonds. The topological polar surface area (TPSA) is 85.2 Å². The van der Waals surface area contributed by atoms with Gasteiger partial charge in [0.05, 0.1) is 17.8 Å². The number of benzene rings is 3. The van der Waals surface area contributed by atoms with Gasteiger partial charge >= 0.3 is 0 Å². The van der Waals surface area contributed by atoms with E-state index in [0.29, 0.717) is 12.2 Å². The molecule has 42 heavy (non-hydrogen) atoms. The number of hydrogen-bond donors (Lipinski definition) is 2. The molecule has 3 aromatic carbocycles. The third kappa shape index (κ3) is 9.61. The van der Waals surface area contributed by atoms with Gasteiger partial charge in [-0.1, -0.05) is 93.9 Å². The standard InChI is InChI=1S/C31H34N4O3.2C2H6/c1-22-15-17-26(18-16-22)38-31(3,4)21-27(36)32-19-20-33-30(37)28-23(2)29(24-11-7-5-8-12-24)35(34-28)25-13-9-6-10-14-25;2*1-2/h5-18H,19-21H2,1-4H3,(H,32,36)(H,33,37);2*1-2H3. The number of ether oxygens (including phenoxy) is 1. The predicted octanol–water partition coefficient (Wildman–Crippen LogP) is 7.30. The molecule has 1 heterocycles. The lowest BCUT2D eigenvalue weighted by atomic mass is 10.0. The Morgan fingerprint density at radius 3 is 1.93 bits per heavy atom. The highest BCUT2D eigenvalue weighted by molar-refractivity contribution is 5.95. The second kappa shape index (κ2) is 16.8. The third-order valence-electron chi connectivity index (χ3n) is 6.12. The van der Waals surface area contributed by atoms with Crippen LogP contribution >= 0.6 is 0 Å². The van der Waals surface area contributed by atoms with Crippen molar-refractivity contribution in [1.82, 2.24) is 20.4 Å². The van der Waals surface area contributed by atoms with Crippen LogP contribution in [0, 0.1) is 13.8 Å². The molecule has 4 aromatic rings. The number of amides is 2. The van der Waals surface area contributed by atoms with Crippen LogP contribution in [0.1, 0.15) is 69.6 Å². The lowest BCUT2D eigenvalue weighted by Gasteiger charge is -2.26. The van der Waals surface area contributed by atoms with E-state index in [1.807, 2.05) is 140 Å². The molecular weight excluding hydrogens is 524 g/mol. The van der Waals surface area contributed by atoms with Gasteiger partial charge in [-0.15, -0.1) is 0 Å². The highest BCUT2D eigenvalue weighted by Crippen LogP contribution is 2.28. The molecule has 0 spiro atoms. The van der Waals surface area contributed by atoms with Gasteiger partial charge in [-0.05, 0) is 52.0 Å². The van der Waals surface area contributed by atoms with Gasteiger partial charge in [-0.3, -0.25) is 9.59 Å². The molecule has 1 aromatic heterocycles. The third-order valence-corrected chi connectivity index (χ3v) is 6.12. The molecule has 7 nitrogen and oxygen atoms in total. The molecule has 7 heteroatoms. The maximum Gasteiger partial charge on any atom is 0.272 e. The number of nitrogens with zero attached hydrogens (tertiary/aromatic N) is 2. The van der Waals surface area contributed by atoms with Crippen molar-refractivity contribution in [2.24, 2.45) is 0 Å². The monoisotopic (exact) mass is 570 g/mol. The molecule has 0 atom stereocenters. The van der Waals surface area contributed by atoms with Crippen LogP contribution < -0.4 is 15.4 Å². The van der Waals surface area contributed by atoms with Crippen LogP contribution in [-0.4, -0.2) is 40.3 Å². The molecule has 0 saturated carbocycles. The van der Waals surface area contributed by atoms with Crippen molar-refractivity contribution < 1.29 is 14.3 Å². The molecule has 0 aliphatic carbocycles. The molecule has 0 aliphatic rings. The van der Waals surface area contributed by atoms with E-state index in [9.17, 15) is 9.59 Å². The van der Waals surface area contributed by atoms with E-state index in [2.05, 4.69) is 15.7 Å². The lowest BCUT2D eigenvalue weighted by molar-refractivity contribution is -0.124. The van der Waals surface area contributed by atoms with Crippen molar-refractivity contribution in [3.8, 4) is 22.7 Å². The first-order chi connectivity index (χ1) is 20.2. The van der Waals surface area contributed by atoms with Gasteiger partial charge < -0.3 is 15.4 Å². The fraction of sp³-hybridized carbons (Fsp3) is 0.343. The van der Waals surface area contributed by atoms with Gasteiger partial charge in [0.25, 0.3) is 5.91 Å². The van der Waals surface area contributed by atoms with Crippen LogP contribution in [0.3, 0.4) is 0 Å². The summed E-state index contributed by atoms with van der Waals surface area (Å²) in [6.45, 7) is 16.3. The number of aryl methyl sites for hydroxylation is 1. The Balaban J connectivity index is 0.00000148. The number of para-hydroxylation sites is 1. The zero-order valence-electron chi connectivity index (χ0n) is 26.3. The quantitative estimate of drug-likeness (QED) is 0.196. The Morgan fingerprint density at radius 1 is 0.786 bits per heavy atom. The van der Waals surface area contributed by atoms with Gasteiger partial charge in [0.15, 0.2) is 5.69 Å². The molecule has 0 radical (unpaired) electrons. The van der Waals surface area contributed by atoms with Crippen molar-refractivity contribution in [1.29, 1.82) is 0 Å². The second-order valence-corrected chi connectivity index (χ2v) is 9.89. The SMILES string of the molecule is CC.CC.Cc1ccc(OC(C)(C)CC(=O)NCCNC(=O)c2nn(-c3ccccc3)c(-c3ccccc3)c2C)cc1. The molecule has 224 valence electrons. The van der Waals surface area contributed by atoms with E-state index < -0.39 is 5.60 Å². The Kier molecular flexibility index (Phi) is 13.5. The Bertz CT molecular complexity index is 1380. The van der Waals surface area contributed by atoms with Crippen molar-refractivity contribution >= 4 is 11.8 Å². The predicted molar refractivity (Wildman–Crippen MR) is 172 cm³/mol. The number of carbonyl (C=O) groups excluding carboxylic acids is 2. The molecule has 0 saturated heterocycles. The minimum atomic E-state index is -0.669. The summed E-state index contributed by atoms with van der Waals surface area (Å²) in [4.78, 5) is 25.6. The minimum absolute atomic E-state index is 0.146. The second-order valence-electron chi connectivity index (χ2n) is 9.89. The summed E-state index contributed by atoms with van der Waals surface area (Å²) in [6.07, 6.45) is 0.190. The fourth-order valence-electron chi connectivity index (χ4n) is 4.27. The van der Waals surface area contributed by atoms with E-state index in [1.54, 1.807) is 4.68 Å². The van der Waals surface area contributed by atoms with Crippen LogP contribution in [0.5, 0.6) is 5.75 Å². The molecule has 0 aliphatic heterocycles. The van der Waals surface area contributed by atoms with Crippen LogP contribution in [0.25, 0.3) is 16.9 Å². The molecule has 0 fully saturated rings. The summed E-state index contributed by atoms with van der Waals surface area (Å²) in [7, 11) is 0. The Hall–Kier alpha value is -4.39. The number of rotatable bonds is 10. The average molecular weight is 571 g/mol. The maximum absolute atomic E-state index is 13.1. The fourth-order valence-corrected chi connectivity index (χ4v) is 4.27. The van der Waals surface area contributed by atoms with Crippen molar-refractivity contribution in [2.75, 3.05) is 13.1 Å². The minimum Gasteiger partial charge on any atom is -0.487 e. The van der Waals surface area contributed by atoms with Gasteiger partial charge in [-0.25, -0.2) is 4.68 Å². The molecular formula is C35H46N4O3. The molecule has 4 rings (SSSR count). The van der Waals surface area contributed by atoms with E-state index >= 15 is 0 Å². The van der Waals surface area contributed by atoms with Crippen LogP contribution in [0.2, 0.25) is 0 Å². The first-order valence-electron chi connectivity index (χ1n) is 14.7. The Labute approximate surface area is 251 Å². The van der Waals surface area contributed by atoms with Crippen LogP contribution in [-0.2, 0) is 4.79 Å². The van der Waals surface area contributed by atoms with E-state index in [-0.39, 0.29) is 24.8 Å². The summed E-state index contributed by atoms with van der Waals surface area (Å²) in [6, 6.07) is 27.4. The Morgan fingerprint density at radius 2 is 1.33 bits per heavy atom. The molecule has 0 unspecified atom stereocenters. The van der Waals surface area contributed by atoms with Gasteiger partial charge in [0.2, 0.25) is 5.91 Å². The maximum atomic E-state index is 13.1. The largest absolute Gasteiger partial charge is 0.487 e. The number of hydrogen-bond acceptors (Lipinski definition) is 4. The van der Waals surface area contributed by atoms with E-state index in [1.165, 1.54) is 0 Å². The van der Waals surface area contributed by atoms with E-state index in [0.717, 1.165) is 33.8 Å². The zero-order valence-corrected chi connectivity index (χ0v) is 26.3. The van der Waals surface area contributed by atoms with Gasteiger partial charge in [-0.2, -0.15) is 5.10 Å². The van der Waals surface area contributed by atoms with Gasteiger partial charge in [0, 0.05) is 24.2 Å². The average Bonchev–Trinajstić information content (AvgIpc) is 3.36.